The maximum atomic E-state index is 10.0. The molecule has 114 heavy (non-hydrogen) atoms. The number of ketones is 3. The summed E-state index contributed by atoms with van der Waals surface area (Å²) < 4.78 is 37.1. The Balaban J connectivity index is 0.000000159. The first-order chi connectivity index (χ1) is 53.4. The summed E-state index contributed by atoms with van der Waals surface area (Å²) in [6, 6.07) is 77.2. The molecule has 0 spiro atoms. The van der Waals surface area contributed by atoms with Crippen molar-refractivity contribution in [1.29, 1.82) is 0 Å². The molecule has 0 unspecified atom stereocenters. The Morgan fingerprint density at radius 2 is 0.640 bits per heavy atom. The van der Waals surface area contributed by atoms with Crippen molar-refractivity contribution in [1.82, 2.24) is 15.0 Å². The second kappa shape index (κ2) is 37.1. The van der Waals surface area contributed by atoms with Gasteiger partial charge in [0.25, 0.3) is 0 Å². The summed E-state index contributed by atoms with van der Waals surface area (Å²) in [7, 11) is 0. The van der Waals surface area contributed by atoms with Crippen LogP contribution in [0.25, 0.3) is 166 Å². The van der Waals surface area contributed by atoms with E-state index in [0.29, 0.717) is 0 Å². The zero-order chi connectivity index (χ0) is 78.3. The van der Waals surface area contributed by atoms with Crippen molar-refractivity contribution in [3.05, 3.63) is 306 Å². The van der Waals surface area contributed by atoms with Crippen molar-refractivity contribution in [2.24, 2.45) is 0 Å². The van der Waals surface area contributed by atoms with Crippen LogP contribution in [0.3, 0.4) is 0 Å². The van der Waals surface area contributed by atoms with Gasteiger partial charge in [0, 0.05) is 146 Å². The predicted octanol–water partition coefficient (Wildman–Crippen LogP) is 25.5. The normalized spacial score (nSPS) is 11.3. The first-order valence-corrected chi connectivity index (χ1v) is 35.9. The van der Waals surface area contributed by atoms with E-state index < -0.39 is 0 Å². The van der Waals surface area contributed by atoms with E-state index in [-0.39, 0.29) is 94.9 Å². The van der Waals surface area contributed by atoms with Gasteiger partial charge in [0.1, 0.15) is 50.8 Å². The third-order valence-electron chi connectivity index (χ3n) is 18.0. The molecule has 0 saturated carbocycles. The summed E-state index contributed by atoms with van der Waals surface area (Å²) in [5.41, 5.74) is 22.9. The topological polar surface area (TPSA) is 229 Å². The first kappa shape index (κ1) is 84.5. The molecule has 3 N–H and O–H groups in total. The number of aliphatic hydroxyl groups excluding tert-OH is 3. The molecule has 18 rings (SSSR count). The Morgan fingerprint density at radius 3 is 0.974 bits per heavy atom. The van der Waals surface area contributed by atoms with E-state index in [1.54, 1.807) is 0 Å². The standard InChI is InChI=1S/C28H20NO2.C27H18NO2.C26H16NO2.3C5H8O2.3Ir/c1-16-11-17(2)27(18(3)12-16)26-13-19-15-29-23(14-25(19)30-26)22-9-6-8-21-20-7-4-5-10-24(20)31-28(21)22;1-16-10-17(2)12-18(11-16)25-13-19-15-28-23(14-26(19)29-25)22-8-5-7-21-20-6-3-4-9-24(20)30-27(21)22;1-16-9-11-17(12-10-16)24-13-18-15-27-22(14-25(18)28-24)21-7-4-6-20-19-5-2-3-8-23(19)29-26(20)21;3*1-4(6)3-5(2)7;;;/h4-8,10-15H,1-3H3;3-7,9-15H,1-2H3;2-6,8-15H,1H3;3*3,6H,1-2H3;;;/q3*-1;;;;;;. The number of pyridine rings is 3. The van der Waals surface area contributed by atoms with Crippen LogP contribution in [0.2, 0.25) is 0 Å². The smallest absolute Gasteiger partial charge is 0.155 e. The van der Waals surface area contributed by atoms with Gasteiger partial charge in [-0.2, -0.15) is 0 Å². The van der Waals surface area contributed by atoms with Gasteiger partial charge in [0.15, 0.2) is 17.3 Å². The number of benzene rings is 9. The van der Waals surface area contributed by atoms with Gasteiger partial charge >= 0.3 is 0 Å². The quantitative estimate of drug-likeness (QED) is 0.0693. The SMILES string of the molecule is CC(=O)C=C(C)O.CC(=O)C=C(C)O.CC(=O)C=C(C)O.Cc1cc(C)c(-c2cc3cnc(-c4[c-]ccc5c4oc4ccccc45)cc3o2)c(C)c1.Cc1cc(C)cc(-c2cc3cnc(-c4[c-]ccc5c4oc4ccccc45)cc3o2)c1.Cc1ccc(-c2cc3cnc(-c4[c-]ccc5c4oc4ccccc45)cc3o2)cc1.[Ir].[Ir].[Ir]. The number of aromatic nitrogens is 3. The van der Waals surface area contributed by atoms with Crippen LogP contribution < -0.4 is 0 Å². The number of furan rings is 6. The van der Waals surface area contributed by atoms with Crippen LogP contribution in [0.5, 0.6) is 0 Å². The third kappa shape index (κ3) is 19.5. The molecule has 0 aliphatic carbocycles. The minimum absolute atomic E-state index is 0. The fourth-order valence-electron chi connectivity index (χ4n) is 13.5. The van der Waals surface area contributed by atoms with Gasteiger partial charge in [0.2, 0.25) is 0 Å². The zero-order valence-electron chi connectivity index (χ0n) is 64.4. The van der Waals surface area contributed by atoms with Gasteiger partial charge in [0.05, 0.1) is 34.0 Å². The van der Waals surface area contributed by atoms with E-state index in [4.69, 9.17) is 46.8 Å². The number of carbonyl (C=O) groups excluding carboxylic acids is 3. The molecule has 9 aromatic carbocycles. The molecule has 579 valence electrons. The molecule has 0 amide bonds. The maximum Gasteiger partial charge on any atom is 0.155 e. The van der Waals surface area contributed by atoms with Crippen LogP contribution in [0.4, 0.5) is 0 Å². The van der Waals surface area contributed by atoms with Crippen LogP contribution in [0.15, 0.2) is 281 Å². The maximum absolute atomic E-state index is 10.0. The molecular formula is C96H78Ir3N3O12-3. The number of hydrogen-bond donors (Lipinski definition) is 3. The molecule has 9 aromatic heterocycles. The van der Waals surface area contributed by atoms with Gasteiger partial charge in [-0.1, -0.05) is 152 Å². The van der Waals surface area contributed by atoms with Crippen LogP contribution in [0.1, 0.15) is 74.9 Å². The molecule has 0 atom stereocenters. The monoisotopic (exact) mass is 2040 g/mol. The van der Waals surface area contributed by atoms with Gasteiger partial charge < -0.3 is 56.8 Å². The van der Waals surface area contributed by atoms with E-state index in [9.17, 15) is 14.4 Å². The largest absolute Gasteiger partial charge is 0.512 e. The number of aryl methyl sites for hydroxylation is 6. The predicted molar refractivity (Wildman–Crippen MR) is 443 cm³/mol. The number of para-hydroxylation sites is 3. The summed E-state index contributed by atoms with van der Waals surface area (Å²) in [4.78, 5) is 44.1. The average Bonchev–Trinajstić information content (AvgIpc) is 1.61. The van der Waals surface area contributed by atoms with E-state index in [0.717, 1.165) is 166 Å². The van der Waals surface area contributed by atoms with Crippen molar-refractivity contribution >= 4 is 116 Å². The molecule has 0 bridgehead atoms. The van der Waals surface area contributed by atoms with Crippen LogP contribution in [-0.2, 0) is 74.7 Å². The number of rotatable bonds is 9. The number of hydrogen-bond acceptors (Lipinski definition) is 15. The van der Waals surface area contributed by atoms with E-state index >= 15 is 0 Å². The molecule has 18 heteroatoms. The molecule has 3 radical (unpaired) electrons. The van der Waals surface area contributed by atoms with Crippen molar-refractivity contribution in [3.63, 3.8) is 0 Å². The fourth-order valence-corrected chi connectivity index (χ4v) is 13.5. The minimum atomic E-state index is -0.125. The summed E-state index contributed by atoms with van der Waals surface area (Å²) in [5.74, 6) is 2.37. The van der Waals surface area contributed by atoms with E-state index in [1.165, 1.54) is 93.2 Å². The van der Waals surface area contributed by atoms with Crippen LogP contribution >= 0.6 is 0 Å². The summed E-state index contributed by atoms with van der Waals surface area (Å²) in [5, 5.41) is 34.5. The number of allylic oxidation sites excluding steroid dienone is 6. The van der Waals surface area contributed by atoms with Crippen LogP contribution in [-0.4, -0.2) is 47.6 Å². The Labute approximate surface area is 698 Å². The fraction of sp³-hybridized carbons (Fsp3) is 0.125. The van der Waals surface area contributed by atoms with Crippen molar-refractivity contribution in [2.45, 2.75) is 83.1 Å². The van der Waals surface area contributed by atoms with Gasteiger partial charge in [-0.05, 0) is 178 Å². The second-order valence-corrected chi connectivity index (χ2v) is 27.4. The van der Waals surface area contributed by atoms with Crippen molar-refractivity contribution < 1.29 is 117 Å². The number of nitrogens with zero attached hydrogens (tertiary/aromatic N) is 3. The van der Waals surface area contributed by atoms with Gasteiger partial charge in [-0.15, -0.1) is 54.6 Å². The average molecular weight is 2040 g/mol. The third-order valence-corrected chi connectivity index (χ3v) is 18.0. The van der Waals surface area contributed by atoms with Gasteiger partial charge in [-0.3, -0.25) is 14.4 Å². The van der Waals surface area contributed by atoms with Gasteiger partial charge in [-0.25, -0.2) is 0 Å². The zero-order valence-corrected chi connectivity index (χ0v) is 71.6. The van der Waals surface area contributed by atoms with Crippen molar-refractivity contribution in [3.8, 4) is 67.7 Å². The molecule has 0 aliphatic rings. The summed E-state index contributed by atoms with van der Waals surface area (Å²) in [6.45, 7) is 21.2. The number of aliphatic hydroxyl groups is 3. The molecule has 0 saturated heterocycles. The minimum Gasteiger partial charge on any atom is -0.512 e. The molecule has 0 aliphatic heterocycles. The van der Waals surface area contributed by atoms with Crippen molar-refractivity contribution in [2.75, 3.05) is 0 Å². The first-order valence-electron chi connectivity index (χ1n) is 35.9. The Morgan fingerprint density at radius 1 is 0.325 bits per heavy atom. The summed E-state index contributed by atoms with van der Waals surface area (Å²) in [6.07, 6.45) is 9.07. The molecule has 18 aromatic rings. The van der Waals surface area contributed by atoms with Crippen LogP contribution in [0, 0.1) is 59.7 Å². The molecule has 9 heterocycles. The summed E-state index contributed by atoms with van der Waals surface area (Å²) >= 11 is 0. The molecule has 15 nitrogen and oxygen atoms in total. The second-order valence-electron chi connectivity index (χ2n) is 27.4. The number of fused-ring (bicyclic) bond motifs is 12. The Hall–Kier alpha value is -12.0. The Kier molecular flexibility index (Phi) is 27.5. The van der Waals surface area contributed by atoms with E-state index in [2.05, 4.69) is 149 Å². The van der Waals surface area contributed by atoms with E-state index in [1.807, 2.05) is 140 Å². The Bertz CT molecular complexity index is 6560. The number of carbonyl (C=O) groups is 3. The molecular weight excluding hydrogens is 1960 g/mol. The molecule has 0 fully saturated rings.